The van der Waals surface area contributed by atoms with Crippen LogP contribution in [0.15, 0.2) is 47.1 Å². The first-order valence-electron chi connectivity index (χ1n) is 9.53. The van der Waals surface area contributed by atoms with Gasteiger partial charge < -0.3 is 9.97 Å². The molecule has 3 rings (SSSR count). The maximum absolute atomic E-state index is 12.0. The largest absolute Gasteiger partial charge is 0.346 e. The van der Waals surface area contributed by atoms with Gasteiger partial charge in [0.2, 0.25) is 0 Å². The molecular weight excluding hydrogens is 343 g/mol. The van der Waals surface area contributed by atoms with E-state index < -0.39 is 6.67 Å². The molecule has 6 heteroatoms. The highest BCUT2D eigenvalue weighted by Crippen LogP contribution is 2.20. The van der Waals surface area contributed by atoms with Crippen LogP contribution in [0.5, 0.6) is 0 Å². The molecule has 0 aliphatic heterocycles. The summed E-state index contributed by atoms with van der Waals surface area (Å²) in [7, 11) is 0. The number of fused-ring (bicyclic) bond motifs is 3. The predicted molar refractivity (Wildman–Crippen MR) is 113 cm³/mol. The van der Waals surface area contributed by atoms with Gasteiger partial charge >= 0.3 is 5.69 Å². The Labute approximate surface area is 160 Å². The lowest BCUT2D eigenvalue weighted by Gasteiger charge is -1.99. The minimum absolute atomic E-state index is 0.219. The fourth-order valence-electron chi connectivity index (χ4n) is 2.57. The van der Waals surface area contributed by atoms with E-state index in [1.807, 2.05) is 19.9 Å². The van der Waals surface area contributed by atoms with Gasteiger partial charge in [0.05, 0.1) is 17.2 Å². The molecule has 0 amide bonds. The Morgan fingerprint density at radius 2 is 2.04 bits per heavy atom. The highest BCUT2D eigenvalue weighted by Gasteiger charge is 2.10. The SMILES string of the molecule is CC.CC/C=C(/C)CC.O=c1[nH]c2cnc3[nH]ccc3c2n1C/C=C/CF. The van der Waals surface area contributed by atoms with Crippen LogP contribution in [0.1, 0.15) is 47.5 Å². The van der Waals surface area contributed by atoms with E-state index in [1.165, 1.54) is 24.5 Å². The number of nitrogens with one attached hydrogen (secondary N) is 2. The number of pyridine rings is 1. The number of aromatic amines is 2. The number of aromatic nitrogens is 4. The molecule has 0 spiro atoms. The van der Waals surface area contributed by atoms with E-state index in [0.717, 1.165) is 16.6 Å². The van der Waals surface area contributed by atoms with Crippen LogP contribution in [-0.2, 0) is 6.54 Å². The summed E-state index contributed by atoms with van der Waals surface area (Å²) >= 11 is 0. The van der Waals surface area contributed by atoms with Crippen molar-refractivity contribution < 1.29 is 4.39 Å². The number of nitrogens with zero attached hydrogens (tertiary/aromatic N) is 2. The first-order valence-corrected chi connectivity index (χ1v) is 9.53. The van der Waals surface area contributed by atoms with Crippen molar-refractivity contribution in [2.75, 3.05) is 6.67 Å². The van der Waals surface area contributed by atoms with Crippen molar-refractivity contribution in [3.63, 3.8) is 0 Å². The van der Waals surface area contributed by atoms with Gasteiger partial charge in [-0.1, -0.05) is 51.5 Å². The van der Waals surface area contributed by atoms with Crippen LogP contribution in [0.3, 0.4) is 0 Å². The lowest BCUT2D eigenvalue weighted by Crippen LogP contribution is -2.15. The van der Waals surface area contributed by atoms with Gasteiger partial charge in [-0.3, -0.25) is 4.57 Å². The molecule has 0 atom stereocenters. The maximum atomic E-state index is 12.0. The van der Waals surface area contributed by atoms with Crippen LogP contribution >= 0.6 is 0 Å². The molecule has 27 heavy (non-hydrogen) atoms. The monoisotopic (exact) mass is 374 g/mol. The van der Waals surface area contributed by atoms with Gasteiger partial charge in [-0.2, -0.15) is 0 Å². The molecule has 0 saturated carbocycles. The Morgan fingerprint density at radius 3 is 2.63 bits per heavy atom. The molecule has 148 valence electrons. The third-order valence-corrected chi connectivity index (χ3v) is 3.97. The lowest BCUT2D eigenvalue weighted by atomic mass is 10.2. The van der Waals surface area contributed by atoms with Gasteiger partial charge in [0.1, 0.15) is 12.3 Å². The second-order valence-corrected chi connectivity index (χ2v) is 5.74. The molecule has 3 heterocycles. The molecule has 3 aromatic heterocycles. The number of imidazole rings is 1. The highest BCUT2D eigenvalue weighted by atomic mass is 19.1. The molecule has 0 aromatic carbocycles. The molecule has 0 bridgehead atoms. The van der Waals surface area contributed by atoms with Crippen molar-refractivity contribution >= 4 is 22.1 Å². The summed E-state index contributed by atoms with van der Waals surface area (Å²) in [5.41, 5.74) is 3.48. The first kappa shape index (κ1) is 22.4. The third-order valence-electron chi connectivity index (χ3n) is 3.97. The Morgan fingerprint density at radius 1 is 1.30 bits per heavy atom. The molecular formula is C21H31FN4O. The number of hydrogen-bond donors (Lipinski definition) is 2. The Balaban J connectivity index is 0.000000346. The summed E-state index contributed by atoms with van der Waals surface area (Å²) in [6.07, 6.45) is 11.1. The number of hydrogen-bond acceptors (Lipinski definition) is 2. The smallest absolute Gasteiger partial charge is 0.326 e. The minimum Gasteiger partial charge on any atom is -0.346 e. The van der Waals surface area contributed by atoms with E-state index in [-0.39, 0.29) is 5.69 Å². The van der Waals surface area contributed by atoms with Crippen molar-refractivity contribution in [3.8, 4) is 0 Å². The second-order valence-electron chi connectivity index (χ2n) is 5.74. The summed E-state index contributed by atoms with van der Waals surface area (Å²) in [4.78, 5) is 21.8. The number of rotatable bonds is 5. The lowest BCUT2D eigenvalue weighted by molar-refractivity contribution is 0.560. The zero-order chi connectivity index (χ0) is 20.2. The van der Waals surface area contributed by atoms with Crippen molar-refractivity contribution in [1.29, 1.82) is 0 Å². The molecule has 0 fully saturated rings. The fourth-order valence-corrected chi connectivity index (χ4v) is 2.57. The van der Waals surface area contributed by atoms with Gasteiger partial charge in [-0.25, -0.2) is 14.2 Å². The van der Waals surface area contributed by atoms with Crippen molar-refractivity contribution in [2.45, 2.75) is 54.0 Å². The van der Waals surface area contributed by atoms with Crippen LogP contribution in [0, 0.1) is 0 Å². The minimum atomic E-state index is -0.530. The molecule has 0 aliphatic rings. The van der Waals surface area contributed by atoms with E-state index >= 15 is 0 Å². The topological polar surface area (TPSA) is 66.5 Å². The molecule has 0 saturated heterocycles. The van der Waals surface area contributed by atoms with Crippen LogP contribution in [0.25, 0.3) is 22.1 Å². The summed E-state index contributed by atoms with van der Waals surface area (Å²) in [6, 6.07) is 1.87. The number of H-pyrrole nitrogens is 2. The quantitative estimate of drug-likeness (QED) is 0.578. The second kappa shape index (κ2) is 11.9. The summed E-state index contributed by atoms with van der Waals surface area (Å²) in [5, 5.41) is 0.875. The van der Waals surface area contributed by atoms with E-state index in [4.69, 9.17) is 0 Å². The van der Waals surface area contributed by atoms with Gasteiger partial charge in [0.25, 0.3) is 0 Å². The average molecular weight is 375 g/mol. The van der Waals surface area contributed by atoms with Gasteiger partial charge in [0, 0.05) is 18.1 Å². The summed E-state index contributed by atoms with van der Waals surface area (Å²) in [5.74, 6) is 0. The summed E-state index contributed by atoms with van der Waals surface area (Å²) < 4.78 is 13.6. The van der Waals surface area contributed by atoms with E-state index in [9.17, 15) is 9.18 Å². The Hall–Kier alpha value is -2.63. The first-order chi connectivity index (χ1) is 13.1. The van der Waals surface area contributed by atoms with Gasteiger partial charge in [0.15, 0.2) is 0 Å². The zero-order valence-corrected chi connectivity index (χ0v) is 17.0. The van der Waals surface area contributed by atoms with Crippen molar-refractivity contribution in [2.24, 2.45) is 0 Å². The molecule has 3 aromatic rings. The standard InChI is InChI=1S/C12H11FN4O.C7H14.C2H6/c13-4-1-2-6-17-10-8-3-5-14-11(8)15-7-9(10)16-12(17)18;1-4-6-7(3)5-2;1-2/h1-3,5,7H,4,6H2,(H,14,15)(H,16,18);6H,4-5H2,1-3H3;1-2H3/b2-1+;7-6-;. The van der Waals surface area contributed by atoms with E-state index in [2.05, 4.69) is 41.8 Å². The molecule has 0 unspecified atom stereocenters. The van der Waals surface area contributed by atoms with Crippen LogP contribution in [0.4, 0.5) is 4.39 Å². The maximum Gasteiger partial charge on any atom is 0.326 e. The highest BCUT2D eigenvalue weighted by molar-refractivity contribution is 6.00. The molecule has 0 aliphatic carbocycles. The average Bonchev–Trinajstić information content (AvgIpc) is 3.28. The molecule has 2 N–H and O–H groups in total. The van der Waals surface area contributed by atoms with Crippen LogP contribution < -0.4 is 5.69 Å². The van der Waals surface area contributed by atoms with E-state index in [0.29, 0.717) is 12.1 Å². The van der Waals surface area contributed by atoms with Crippen LogP contribution in [0.2, 0.25) is 0 Å². The normalized spacial score (nSPS) is 11.4. The van der Waals surface area contributed by atoms with Crippen LogP contribution in [-0.4, -0.2) is 26.2 Å². The number of allylic oxidation sites excluding steroid dienone is 4. The fraction of sp³-hybridized carbons (Fsp3) is 0.429. The molecule has 5 nitrogen and oxygen atoms in total. The summed E-state index contributed by atoms with van der Waals surface area (Å²) in [6.45, 7) is 10.3. The molecule has 0 radical (unpaired) electrons. The van der Waals surface area contributed by atoms with Crippen molar-refractivity contribution in [3.05, 3.63) is 52.7 Å². The van der Waals surface area contributed by atoms with E-state index in [1.54, 1.807) is 23.0 Å². The third kappa shape index (κ3) is 5.94. The zero-order valence-electron chi connectivity index (χ0n) is 17.0. The van der Waals surface area contributed by atoms with Crippen molar-refractivity contribution in [1.82, 2.24) is 19.5 Å². The van der Waals surface area contributed by atoms with Gasteiger partial charge in [-0.05, 0) is 25.8 Å². The number of halogens is 1. The predicted octanol–water partition coefficient (Wildman–Crippen LogP) is 5.51. The Kier molecular flexibility index (Phi) is 9.86. The number of alkyl halides is 1. The van der Waals surface area contributed by atoms with Gasteiger partial charge in [-0.15, -0.1) is 0 Å². The Bertz CT molecular complexity index is 931.